The highest BCUT2D eigenvalue weighted by Gasteiger charge is 2.43. The number of cyclic esters (lactones) is 1. The van der Waals surface area contributed by atoms with E-state index >= 15 is 0 Å². The predicted octanol–water partition coefficient (Wildman–Crippen LogP) is 2.07. The number of carbonyl (C=O) groups excluding carboxylic acids is 2. The smallest absolute Gasteiger partial charge is 0.307 e. The normalized spacial score (nSPS) is 26.2. The lowest BCUT2D eigenvalue weighted by Crippen LogP contribution is -2.40. The zero-order chi connectivity index (χ0) is 16.5. The molecule has 1 aromatic carbocycles. The molecule has 0 radical (unpaired) electrons. The zero-order valence-electron chi connectivity index (χ0n) is 13.5. The van der Waals surface area contributed by atoms with Crippen molar-refractivity contribution < 1.29 is 23.8 Å². The van der Waals surface area contributed by atoms with E-state index in [1.165, 1.54) is 0 Å². The van der Waals surface area contributed by atoms with Crippen molar-refractivity contribution in [2.24, 2.45) is 5.92 Å². The molecule has 0 aromatic heterocycles. The molecule has 24 heavy (non-hydrogen) atoms. The molecule has 2 fully saturated rings. The van der Waals surface area contributed by atoms with E-state index in [4.69, 9.17) is 14.2 Å². The molecule has 0 unspecified atom stereocenters. The highest BCUT2D eigenvalue weighted by atomic mass is 16.6. The summed E-state index contributed by atoms with van der Waals surface area (Å²) in [6.07, 6.45) is 2.83. The summed E-state index contributed by atoms with van der Waals surface area (Å²) in [7, 11) is 0. The summed E-state index contributed by atoms with van der Waals surface area (Å²) in [6.45, 7) is 2.58. The molecule has 6 nitrogen and oxygen atoms in total. The molecule has 0 saturated carbocycles. The molecule has 1 amide bonds. The molecule has 1 aromatic rings. The van der Waals surface area contributed by atoms with Crippen molar-refractivity contribution in [1.29, 1.82) is 0 Å². The van der Waals surface area contributed by atoms with Crippen LogP contribution in [0.1, 0.15) is 37.4 Å². The van der Waals surface area contributed by atoms with E-state index in [2.05, 4.69) is 0 Å². The third kappa shape index (κ3) is 2.81. The third-order valence-corrected chi connectivity index (χ3v) is 4.89. The van der Waals surface area contributed by atoms with Crippen molar-refractivity contribution in [2.75, 3.05) is 26.3 Å². The maximum atomic E-state index is 12.9. The Morgan fingerprint density at radius 2 is 1.79 bits per heavy atom. The van der Waals surface area contributed by atoms with E-state index in [-0.39, 0.29) is 18.3 Å². The third-order valence-electron chi connectivity index (χ3n) is 4.89. The highest BCUT2D eigenvalue weighted by Crippen LogP contribution is 2.40. The first-order valence-electron chi connectivity index (χ1n) is 8.60. The van der Waals surface area contributed by atoms with Gasteiger partial charge in [0.2, 0.25) is 5.91 Å². The lowest BCUT2D eigenvalue weighted by molar-refractivity contribution is -0.142. The fourth-order valence-electron chi connectivity index (χ4n) is 3.66. The number of hydrogen-bond donors (Lipinski definition) is 0. The lowest BCUT2D eigenvalue weighted by Gasteiger charge is -2.30. The van der Waals surface area contributed by atoms with Crippen LogP contribution >= 0.6 is 0 Å². The molecule has 2 saturated heterocycles. The molecular weight excluding hydrogens is 310 g/mol. The Bertz CT molecular complexity index is 653. The Morgan fingerprint density at radius 3 is 2.58 bits per heavy atom. The minimum atomic E-state index is -0.539. The van der Waals surface area contributed by atoms with Crippen LogP contribution in [0, 0.1) is 5.92 Å². The maximum Gasteiger partial charge on any atom is 0.307 e. The lowest BCUT2D eigenvalue weighted by atomic mass is 9.92. The molecule has 4 rings (SSSR count). The van der Waals surface area contributed by atoms with Gasteiger partial charge in [-0.2, -0.15) is 0 Å². The fourth-order valence-corrected chi connectivity index (χ4v) is 3.66. The van der Waals surface area contributed by atoms with Crippen molar-refractivity contribution in [2.45, 2.75) is 31.8 Å². The molecule has 0 bridgehead atoms. The van der Waals surface area contributed by atoms with Gasteiger partial charge >= 0.3 is 5.97 Å². The Labute approximate surface area is 140 Å². The number of esters is 1. The summed E-state index contributed by atoms with van der Waals surface area (Å²) in [5.41, 5.74) is 0.792. The summed E-state index contributed by atoms with van der Waals surface area (Å²) in [4.78, 5) is 26.6. The van der Waals surface area contributed by atoms with Crippen LogP contribution < -0.4 is 9.47 Å². The van der Waals surface area contributed by atoms with Crippen LogP contribution in [0.25, 0.3) is 0 Å². The number of rotatable bonds is 2. The van der Waals surface area contributed by atoms with Crippen LogP contribution in [0.3, 0.4) is 0 Å². The second kappa shape index (κ2) is 6.34. The van der Waals surface area contributed by atoms with Gasteiger partial charge in [0.15, 0.2) is 11.5 Å². The van der Waals surface area contributed by atoms with E-state index in [0.717, 1.165) is 37.9 Å². The Morgan fingerprint density at radius 1 is 1.04 bits per heavy atom. The van der Waals surface area contributed by atoms with E-state index in [1.54, 1.807) is 0 Å². The van der Waals surface area contributed by atoms with Crippen LogP contribution in [0.4, 0.5) is 0 Å². The number of hydrogen-bond acceptors (Lipinski definition) is 5. The zero-order valence-corrected chi connectivity index (χ0v) is 13.5. The molecule has 0 aliphatic carbocycles. The molecule has 3 aliphatic rings. The summed E-state index contributed by atoms with van der Waals surface area (Å²) in [5.74, 6) is 0.600. The van der Waals surface area contributed by atoms with Crippen LogP contribution in [-0.4, -0.2) is 43.1 Å². The molecular formula is C18H21NO5. The number of nitrogens with zero attached hydrogens (tertiary/aromatic N) is 1. The van der Waals surface area contributed by atoms with Crippen molar-refractivity contribution >= 4 is 11.9 Å². The van der Waals surface area contributed by atoms with Crippen molar-refractivity contribution in [3.05, 3.63) is 23.8 Å². The average molecular weight is 331 g/mol. The van der Waals surface area contributed by atoms with Crippen molar-refractivity contribution in [3.8, 4) is 11.5 Å². The van der Waals surface area contributed by atoms with E-state index in [0.29, 0.717) is 24.7 Å². The number of benzene rings is 1. The van der Waals surface area contributed by atoms with Crippen LogP contribution in [0.2, 0.25) is 0 Å². The monoisotopic (exact) mass is 331 g/mol. The molecule has 0 spiro atoms. The largest absolute Gasteiger partial charge is 0.486 e. The number of piperidine rings is 1. The predicted molar refractivity (Wildman–Crippen MR) is 84.8 cm³/mol. The van der Waals surface area contributed by atoms with Gasteiger partial charge in [-0.15, -0.1) is 0 Å². The standard InChI is InChI=1S/C18H21NO5/c20-16-11-13(18(21)19-6-2-1-3-7-19)17(24-16)12-4-5-14-15(10-12)23-9-8-22-14/h4-5,10,13,17H,1-3,6-9,11H2/t13-,17-/m0/s1. The van der Waals surface area contributed by atoms with Crippen LogP contribution in [-0.2, 0) is 14.3 Å². The summed E-state index contributed by atoms with van der Waals surface area (Å²) in [5, 5.41) is 0. The summed E-state index contributed by atoms with van der Waals surface area (Å²) >= 11 is 0. The molecule has 6 heteroatoms. The average Bonchev–Trinajstić information content (AvgIpc) is 3.03. The molecule has 128 valence electrons. The SMILES string of the molecule is O=C1C[C@H](C(=O)N2CCCCC2)[C@H](c2ccc3c(c2)OCCO3)O1. The van der Waals surface area contributed by atoms with E-state index < -0.39 is 12.0 Å². The Hall–Kier alpha value is -2.24. The number of fused-ring (bicyclic) bond motifs is 1. The van der Waals surface area contributed by atoms with Crippen LogP contribution in [0.5, 0.6) is 11.5 Å². The molecule has 3 heterocycles. The van der Waals surface area contributed by atoms with Gasteiger partial charge < -0.3 is 19.1 Å². The van der Waals surface area contributed by atoms with Gasteiger partial charge in [-0.3, -0.25) is 9.59 Å². The minimum absolute atomic E-state index is 0.0282. The number of amides is 1. The quantitative estimate of drug-likeness (QED) is 0.776. The van der Waals surface area contributed by atoms with E-state index in [9.17, 15) is 9.59 Å². The minimum Gasteiger partial charge on any atom is -0.486 e. The second-order valence-corrected chi connectivity index (χ2v) is 6.51. The first-order chi connectivity index (χ1) is 11.7. The Kier molecular flexibility index (Phi) is 4.04. The van der Waals surface area contributed by atoms with Crippen molar-refractivity contribution in [3.63, 3.8) is 0 Å². The maximum absolute atomic E-state index is 12.9. The second-order valence-electron chi connectivity index (χ2n) is 6.51. The highest BCUT2D eigenvalue weighted by molar-refractivity contribution is 5.87. The van der Waals surface area contributed by atoms with Gasteiger partial charge in [-0.05, 0) is 37.0 Å². The van der Waals surface area contributed by atoms with Gasteiger partial charge in [0.05, 0.1) is 12.3 Å². The number of likely N-dealkylation sites (tertiary alicyclic amines) is 1. The summed E-state index contributed by atoms with van der Waals surface area (Å²) in [6, 6.07) is 5.50. The van der Waals surface area contributed by atoms with Gasteiger partial charge in [-0.1, -0.05) is 6.07 Å². The first-order valence-corrected chi connectivity index (χ1v) is 8.60. The van der Waals surface area contributed by atoms with Gasteiger partial charge in [0.25, 0.3) is 0 Å². The van der Waals surface area contributed by atoms with Gasteiger partial charge in [0, 0.05) is 13.1 Å². The molecule has 0 N–H and O–H groups in total. The van der Waals surface area contributed by atoms with Gasteiger partial charge in [0.1, 0.15) is 19.3 Å². The molecule has 2 atom stereocenters. The number of ether oxygens (including phenoxy) is 3. The number of carbonyl (C=O) groups is 2. The molecule has 3 aliphatic heterocycles. The van der Waals surface area contributed by atoms with E-state index in [1.807, 2.05) is 23.1 Å². The first kappa shape index (κ1) is 15.3. The van der Waals surface area contributed by atoms with Crippen molar-refractivity contribution in [1.82, 2.24) is 4.90 Å². The topological polar surface area (TPSA) is 65.1 Å². The van der Waals surface area contributed by atoms with Gasteiger partial charge in [-0.25, -0.2) is 0 Å². The van der Waals surface area contributed by atoms with Crippen LogP contribution in [0.15, 0.2) is 18.2 Å². The summed E-state index contributed by atoms with van der Waals surface area (Å²) < 4.78 is 16.6. The fraction of sp³-hybridized carbons (Fsp3) is 0.556. The Balaban J connectivity index is 1.58.